The highest BCUT2D eigenvalue weighted by atomic mass is 16.2. The number of rotatable bonds is 2. The first-order chi connectivity index (χ1) is 7.00. The number of H-pyrrole nitrogens is 1. The molecule has 0 radical (unpaired) electrons. The Morgan fingerprint density at radius 1 is 1.60 bits per heavy atom. The zero-order valence-corrected chi connectivity index (χ0v) is 8.13. The fourth-order valence-corrected chi connectivity index (χ4v) is 1.55. The number of amides is 1. The summed E-state index contributed by atoms with van der Waals surface area (Å²) in [5.74, 6) is -1.37. The monoisotopic (exact) mass is 209 g/mol. The normalized spacial score (nSPS) is 24.0. The predicted molar refractivity (Wildman–Crippen MR) is 51.9 cm³/mol. The van der Waals surface area contributed by atoms with Crippen LogP contribution in [0.25, 0.3) is 0 Å². The topological polar surface area (TPSA) is 113 Å². The van der Waals surface area contributed by atoms with Crippen molar-refractivity contribution >= 4 is 17.5 Å². The largest absolute Gasteiger partial charge is 0.339 e. The number of hydrogen-bond acceptors (Lipinski definition) is 5. The molecular formula is C8H11N5O2. The van der Waals surface area contributed by atoms with Gasteiger partial charge in [0.05, 0.1) is 12.7 Å². The molecular weight excluding hydrogens is 198 g/mol. The first-order valence-corrected chi connectivity index (χ1v) is 4.42. The third kappa shape index (κ3) is 1.68. The number of aromatic nitrogens is 2. The summed E-state index contributed by atoms with van der Waals surface area (Å²) in [7, 11) is 0. The number of nitrogens with one attached hydrogen (secondary N) is 3. The molecule has 80 valence electrons. The Kier molecular flexibility index (Phi) is 1.97. The Balaban J connectivity index is 2.29. The van der Waals surface area contributed by atoms with E-state index in [0.29, 0.717) is 11.5 Å². The van der Waals surface area contributed by atoms with Gasteiger partial charge in [-0.25, -0.2) is 4.98 Å². The molecule has 0 fully saturated rings. The van der Waals surface area contributed by atoms with Crippen LogP contribution in [0.15, 0.2) is 6.33 Å². The number of carbonyl (C=O) groups is 2. The molecule has 1 aromatic heterocycles. The maximum absolute atomic E-state index is 11.5. The number of ketones is 1. The molecule has 2 heterocycles. The molecule has 1 aromatic rings. The maximum atomic E-state index is 11.5. The van der Waals surface area contributed by atoms with Crippen LogP contribution >= 0.6 is 0 Å². The zero-order valence-electron chi connectivity index (χ0n) is 8.13. The number of nitrogens with zero attached hydrogens (tertiary/aromatic N) is 1. The fourth-order valence-electron chi connectivity index (χ4n) is 1.55. The smallest absolute Gasteiger partial charge is 0.274 e. The van der Waals surface area contributed by atoms with Gasteiger partial charge in [0, 0.05) is 0 Å². The van der Waals surface area contributed by atoms with E-state index in [1.807, 2.05) is 0 Å². The quantitative estimate of drug-likeness (QED) is 0.507. The lowest BCUT2D eigenvalue weighted by molar-refractivity contribution is -0.118. The second-order valence-electron chi connectivity index (χ2n) is 3.56. The van der Waals surface area contributed by atoms with Gasteiger partial charge in [0.2, 0.25) is 0 Å². The molecule has 1 aliphatic rings. The van der Waals surface area contributed by atoms with E-state index in [2.05, 4.69) is 20.6 Å². The molecule has 0 aromatic carbocycles. The summed E-state index contributed by atoms with van der Waals surface area (Å²) in [6.45, 7) is 1.41. The van der Waals surface area contributed by atoms with Crippen molar-refractivity contribution in [2.45, 2.75) is 19.1 Å². The van der Waals surface area contributed by atoms with Crippen molar-refractivity contribution in [1.82, 2.24) is 15.3 Å². The van der Waals surface area contributed by atoms with E-state index in [1.165, 1.54) is 13.3 Å². The number of hydrogen-bond donors (Lipinski definition) is 4. The molecule has 1 unspecified atom stereocenters. The third-order valence-corrected chi connectivity index (χ3v) is 2.07. The molecule has 0 saturated heterocycles. The Hall–Kier alpha value is -1.89. The summed E-state index contributed by atoms with van der Waals surface area (Å²) >= 11 is 0. The molecule has 0 bridgehead atoms. The van der Waals surface area contributed by atoms with Gasteiger partial charge in [0.25, 0.3) is 5.91 Å². The van der Waals surface area contributed by atoms with Crippen molar-refractivity contribution in [1.29, 1.82) is 0 Å². The zero-order chi connectivity index (χ0) is 11.1. The van der Waals surface area contributed by atoms with Gasteiger partial charge < -0.3 is 15.6 Å². The van der Waals surface area contributed by atoms with Crippen LogP contribution in [0.2, 0.25) is 0 Å². The molecule has 5 N–H and O–H groups in total. The van der Waals surface area contributed by atoms with Gasteiger partial charge in [-0.3, -0.25) is 15.3 Å². The SMILES string of the molecule is CC(=O)CC1(N)NC(=O)c2[nH]cnc2N1. The van der Waals surface area contributed by atoms with Crippen LogP contribution in [-0.2, 0) is 4.79 Å². The van der Waals surface area contributed by atoms with Crippen LogP contribution < -0.4 is 16.4 Å². The summed E-state index contributed by atoms with van der Waals surface area (Å²) in [6, 6.07) is 0. The van der Waals surface area contributed by atoms with E-state index >= 15 is 0 Å². The van der Waals surface area contributed by atoms with Crippen LogP contribution in [0.1, 0.15) is 23.8 Å². The van der Waals surface area contributed by atoms with Gasteiger partial charge in [0.15, 0.2) is 11.6 Å². The first-order valence-electron chi connectivity index (χ1n) is 4.42. The van der Waals surface area contributed by atoms with Gasteiger partial charge in [-0.15, -0.1) is 0 Å². The van der Waals surface area contributed by atoms with E-state index in [4.69, 9.17) is 5.73 Å². The second kappa shape index (κ2) is 3.06. The number of anilines is 1. The summed E-state index contributed by atoms with van der Waals surface area (Å²) in [5.41, 5.74) is 6.13. The Labute approximate surface area is 85.4 Å². The number of aromatic amines is 1. The van der Waals surface area contributed by atoms with Crippen molar-refractivity contribution in [3.8, 4) is 0 Å². The lowest BCUT2D eigenvalue weighted by atomic mass is 10.1. The van der Waals surface area contributed by atoms with Crippen LogP contribution in [0, 0.1) is 0 Å². The van der Waals surface area contributed by atoms with Gasteiger partial charge in [0.1, 0.15) is 11.5 Å². The highest BCUT2D eigenvalue weighted by Gasteiger charge is 2.36. The highest BCUT2D eigenvalue weighted by Crippen LogP contribution is 2.19. The molecule has 7 heteroatoms. The van der Waals surface area contributed by atoms with Gasteiger partial charge >= 0.3 is 0 Å². The fraction of sp³-hybridized carbons (Fsp3) is 0.375. The van der Waals surface area contributed by atoms with E-state index in [1.54, 1.807) is 0 Å². The molecule has 0 saturated carbocycles. The van der Waals surface area contributed by atoms with Crippen molar-refractivity contribution in [3.63, 3.8) is 0 Å². The average Bonchev–Trinajstić information content (AvgIpc) is 2.48. The van der Waals surface area contributed by atoms with E-state index in [0.717, 1.165) is 0 Å². The van der Waals surface area contributed by atoms with Crippen molar-refractivity contribution < 1.29 is 9.59 Å². The average molecular weight is 209 g/mol. The Morgan fingerprint density at radius 3 is 3.00 bits per heavy atom. The lowest BCUT2D eigenvalue weighted by Gasteiger charge is -2.34. The summed E-state index contributed by atoms with van der Waals surface area (Å²) in [5, 5.41) is 5.30. The number of nitrogens with two attached hydrogens (primary N) is 1. The molecule has 1 atom stereocenters. The number of fused-ring (bicyclic) bond motifs is 1. The van der Waals surface area contributed by atoms with Crippen molar-refractivity contribution in [3.05, 3.63) is 12.0 Å². The standard InChI is InChI=1S/C8H11N5O2/c1-4(14)2-8(9)12-6-5(7(15)13-8)10-3-11-6/h3,12H,2,9H2,1H3,(H,10,11)(H,13,15). The van der Waals surface area contributed by atoms with E-state index in [9.17, 15) is 9.59 Å². The maximum Gasteiger partial charge on any atom is 0.274 e. The molecule has 1 amide bonds. The van der Waals surface area contributed by atoms with Crippen LogP contribution in [0.5, 0.6) is 0 Å². The summed E-state index contributed by atoms with van der Waals surface area (Å²) in [4.78, 5) is 29.1. The van der Waals surface area contributed by atoms with E-state index in [-0.39, 0.29) is 18.1 Å². The molecule has 15 heavy (non-hydrogen) atoms. The minimum Gasteiger partial charge on any atom is -0.339 e. The van der Waals surface area contributed by atoms with Gasteiger partial charge in [-0.2, -0.15) is 0 Å². The number of Topliss-reactive ketones (excluding diaryl/α,β-unsaturated/α-hetero) is 1. The Bertz CT molecular complexity index is 426. The first kappa shape index (κ1) is 9.66. The van der Waals surface area contributed by atoms with Crippen LogP contribution in [-0.4, -0.2) is 27.4 Å². The van der Waals surface area contributed by atoms with Crippen LogP contribution in [0.4, 0.5) is 5.82 Å². The lowest BCUT2D eigenvalue weighted by Crippen LogP contribution is -2.64. The van der Waals surface area contributed by atoms with Gasteiger partial charge in [-0.05, 0) is 6.92 Å². The predicted octanol–water partition coefficient (Wildman–Crippen LogP) is -0.843. The third-order valence-electron chi connectivity index (χ3n) is 2.07. The summed E-state index contributed by atoms with van der Waals surface area (Å²) < 4.78 is 0. The van der Waals surface area contributed by atoms with Gasteiger partial charge in [-0.1, -0.05) is 0 Å². The molecule has 0 aliphatic carbocycles. The second-order valence-corrected chi connectivity index (χ2v) is 3.56. The number of carbonyl (C=O) groups excluding carboxylic acids is 2. The van der Waals surface area contributed by atoms with E-state index < -0.39 is 5.79 Å². The molecule has 7 nitrogen and oxygen atoms in total. The Morgan fingerprint density at radius 2 is 2.33 bits per heavy atom. The minimum atomic E-state index is -1.24. The summed E-state index contributed by atoms with van der Waals surface area (Å²) in [6.07, 6.45) is 1.39. The van der Waals surface area contributed by atoms with Crippen LogP contribution in [0.3, 0.4) is 0 Å². The number of imidazole rings is 1. The van der Waals surface area contributed by atoms with Crippen molar-refractivity contribution in [2.24, 2.45) is 5.73 Å². The van der Waals surface area contributed by atoms with Crippen molar-refractivity contribution in [2.75, 3.05) is 5.32 Å². The molecule has 2 rings (SSSR count). The minimum absolute atomic E-state index is 0.00500. The highest BCUT2D eigenvalue weighted by molar-refractivity contribution is 5.99. The molecule has 1 aliphatic heterocycles. The molecule has 0 spiro atoms.